The van der Waals surface area contributed by atoms with Gasteiger partial charge in [-0.2, -0.15) is 0 Å². The first-order valence-electron chi connectivity index (χ1n) is 12.2. The first kappa shape index (κ1) is 26.3. The van der Waals surface area contributed by atoms with E-state index in [1.54, 1.807) is 14.2 Å². The van der Waals surface area contributed by atoms with E-state index >= 15 is 0 Å². The summed E-state index contributed by atoms with van der Waals surface area (Å²) in [5.41, 5.74) is 3.41. The maximum Gasteiger partial charge on any atom is 0.335 e. The number of carbonyl (C=O) groups excluding carboxylic acids is 1. The molecule has 1 amide bonds. The molecule has 2 atom stereocenters. The second-order valence-electron chi connectivity index (χ2n) is 8.92. The highest BCUT2D eigenvalue weighted by Crippen LogP contribution is 2.46. The van der Waals surface area contributed by atoms with Gasteiger partial charge in [0.1, 0.15) is 11.9 Å². The standard InChI is InChI=1S/C29H26ClN3O6/c1-37-24-7-3-5-19(28(24)38-2)27-20-16-18(30)8-9-21(20)33-14-4-6-22(33)23(39-27)10-11-26(34)32-25-15-17(29(35)36)12-13-31-25/h3-9,12-16,23,27H,10-11H2,1-2H3,(H,35,36)(H,31,32,34)/t23-,27-/m1/s1. The molecule has 0 radical (unpaired) electrons. The van der Waals surface area contributed by atoms with Crippen LogP contribution in [0.3, 0.4) is 0 Å². The van der Waals surface area contributed by atoms with Crippen molar-refractivity contribution in [2.24, 2.45) is 0 Å². The molecule has 0 aliphatic carbocycles. The normalized spacial score (nSPS) is 16.0. The summed E-state index contributed by atoms with van der Waals surface area (Å²) in [5, 5.41) is 12.5. The predicted molar refractivity (Wildman–Crippen MR) is 145 cm³/mol. The molecule has 2 aromatic carbocycles. The minimum absolute atomic E-state index is 0.0386. The zero-order valence-electron chi connectivity index (χ0n) is 21.3. The topological polar surface area (TPSA) is 112 Å². The Morgan fingerprint density at radius 3 is 2.69 bits per heavy atom. The lowest BCUT2D eigenvalue weighted by atomic mass is 9.98. The summed E-state index contributed by atoms with van der Waals surface area (Å²) in [4.78, 5) is 28.2. The van der Waals surface area contributed by atoms with Crippen LogP contribution >= 0.6 is 11.6 Å². The van der Waals surface area contributed by atoms with E-state index in [-0.39, 0.29) is 23.7 Å². The number of nitrogens with zero attached hydrogens (tertiary/aromatic N) is 2. The highest BCUT2D eigenvalue weighted by atomic mass is 35.5. The fourth-order valence-electron chi connectivity index (χ4n) is 4.81. The van der Waals surface area contributed by atoms with Gasteiger partial charge in [-0.25, -0.2) is 9.78 Å². The Hall–Kier alpha value is -4.34. The number of pyridine rings is 1. The summed E-state index contributed by atoms with van der Waals surface area (Å²) >= 11 is 6.45. The molecule has 200 valence electrons. The molecule has 3 heterocycles. The number of ether oxygens (including phenoxy) is 3. The van der Waals surface area contributed by atoms with Gasteiger partial charge in [-0.3, -0.25) is 4.79 Å². The lowest BCUT2D eigenvalue weighted by Crippen LogP contribution is -2.17. The number of para-hydroxylation sites is 1. The lowest BCUT2D eigenvalue weighted by Gasteiger charge is -2.25. The van der Waals surface area contributed by atoms with Crippen LogP contribution in [0.25, 0.3) is 5.69 Å². The maximum atomic E-state index is 12.9. The molecule has 0 saturated carbocycles. The van der Waals surface area contributed by atoms with Gasteiger partial charge in [-0.05, 0) is 55.0 Å². The summed E-state index contributed by atoms with van der Waals surface area (Å²) in [7, 11) is 3.16. The molecule has 0 spiro atoms. The van der Waals surface area contributed by atoms with Crippen molar-refractivity contribution in [3.8, 4) is 17.2 Å². The zero-order valence-corrected chi connectivity index (χ0v) is 22.0. The minimum Gasteiger partial charge on any atom is -0.493 e. The number of fused-ring (bicyclic) bond motifs is 3. The van der Waals surface area contributed by atoms with Gasteiger partial charge in [-0.1, -0.05) is 23.7 Å². The van der Waals surface area contributed by atoms with Crippen molar-refractivity contribution in [3.05, 3.63) is 100 Å². The van der Waals surface area contributed by atoms with Gasteiger partial charge in [0.15, 0.2) is 11.5 Å². The Bertz CT molecular complexity index is 1540. The van der Waals surface area contributed by atoms with Gasteiger partial charge < -0.3 is 29.2 Å². The van der Waals surface area contributed by atoms with E-state index in [0.717, 1.165) is 22.5 Å². The monoisotopic (exact) mass is 547 g/mol. The SMILES string of the molecule is COc1cccc([C@H]2O[C@H](CCC(=O)Nc3cc(C(=O)O)ccn3)c3cccn3-c3ccc(Cl)cc32)c1OC. The van der Waals surface area contributed by atoms with Crippen molar-refractivity contribution in [3.63, 3.8) is 0 Å². The molecule has 1 aliphatic heterocycles. The Balaban J connectivity index is 1.48. The number of aromatic nitrogens is 2. The summed E-state index contributed by atoms with van der Waals surface area (Å²) in [6, 6.07) is 17.8. The fourth-order valence-corrected chi connectivity index (χ4v) is 4.99. The first-order chi connectivity index (χ1) is 18.9. The van der Waals surface area contributed by atoms with Crippen LogP contribution in [0, 0.1) is 0 Å². The number of halogens is 1. The first-order valence-corrected chi connectivity index (χ1v) is 12.6. The van der Waals surface area contributed by atoms with Crippen LogP contribution in [0.2, 0.25) is 5.02 Å². The molecule has 0 saturated heterocycles. The van der Waals surface area contributed by atoms with E-state index < -0.39 is 18.2 Å². The molecule has 0 unspecified atom stereocenters. The highest BCUT2D eigenvalue weighted by Gasteiger charge is 2.33. The van der Waals surface area contributed by atoms with Gasteiger partial charge in [0.25, 0.3) is 0 Å². The molecular formula is C29H26ClN3O6. The van der Waals surface area contributed by atoms with Crippen LogP contribution < -0.4 is 14.8 Å². The van der Waals surface area contributed by atoms with Crippen LogP contribution in [-0.2, 0) is 9.53 Å². The molecule has 10 heteroatoms. The van der Waals surface area contributed by atoms with Gasteiger partial charge in [0.2, 0.25) is 5.91 Å². The van der Waals surface area contributed by atoms with Crippen LogP contribution in [0.5, 0.6) is 11.5 Å². The van der Waals surface area contributed by atoms with Crippen LogP contribution in [0.15, 0.2) is 73.1 Å². The average molecular weight is 548 g/mol. The zero-order chi connectivity index (χ0) is 27.5. The fraction of sp³-hybridized carbons (Fsp3) is 0.207. The third-order valence-electron chi connectivity index (χ3n) is 6.57. The lowest BCUT2D eigenvalue weighted by molar-refractivity contribution is -0.117. The number of carboxylic acids is 1. The van der Waals surface area contributed by atoms with Gasteiger partial charge in [0.05, 0.1) is 37.3 Å². The number of carbonyl (C=O) groups is 2. The van der Waals surface area contributed by atoms with Crippen molar-refractivity contribution in [1.29, 1.82) is 0 Å². The Labute approximate surface area is 229 Å². The number of methoxy groups -OCH3 is 2. The van der Waals surface area contributed by atoms with E-state index in [1.165, 1.54) is 18.3 Å². The number of aromatic carboxylic acids is 1. The Morgan fingerprint density at radius 2 is 1.92 bits per heavy atom. The van der Waals surface area contributed by atoms with Crippen molar-refractivity contribution < 1.29 is 28.9 Å². The summed E-state index contributed by atoms with van der Waals surface area (Å²) in [6.07, 6.45) is 2.69. The average Bonchev–Trinajstić information content (AvgIpc) is 3.38. The number of nitrogens with one attached hydrogen (secondary N) is 1. The van der Waals surface area contributed by atoms with E-state index in [0.29, 0.717) is 22.9 Å². The molecular weight excluding hydrogens is 522 g/mol. The quantitative estimate of drug-likeness (QED) is 0.286. The smallest absolute Gasteiger partial charge is 0.335 e. The second kappa shape index (κ2) is 11.2. The van der Waals surface area contributed by atoms with Crippen molar-refractivity contribution >= 4 is 29.3 Å². The Kier molecular flexibility index (Phi) is 7.53. The number of hydrogen-bond acceptors (Lipinski definition) is 6. The van der Waals surface area contributed by atoms with Gasteiger partial charge in [0, 0.05) is 35.0 Å². The number of rotatable bonds is 8. The van der Waals surface area contributed by atoms with Gasteiger partial charge >= 0.3 is 5.97 Å². The molecule has 9 nitrogen and oxygen atoms in total. The summed E-state index contributed by atoms with van der Waals surface area (Å²) < 4.78 is 20.1. The molecule has 0 fully saturated rings. The maximum absolute atomic E-state index is 12.9. The van der Waals surface area contributed by atoms with Crippen molar-refractivity contribution in [2.75, 3.05) is 19.5 Å². The molecule has 4 aromatic rings. The second-order valence-corrected chi connectivity index (χ2v) is 9.35. The number of hydrogen-bond donors (Lipinski definition) is 2. The molecule has 2 aromatic heterocycles. The molecule has 0 bridgehead atoms. The summed E-state index contributed by atoms with van der Waals surface area (Å²) in [6.45, 7) is 0. The van der Waals surface area contributed by atoms with E-state index in [4.69, 9.17) is 25.8 Å². The van der Waals surface area contributed by atoms with Crippen LogP contribution in [0.1, 0.15) is 52.2 Å². The van der Waals surface area contributed by atoms with E-state index in [2.05, 4.69) is 10.3 Å². The molecule has 5 rings (SSSR count). The number of anilines is 1. The third kappa shape index (κ3) is 5.32. The van der Waals surface area contributed by atoms with E-state index in [1.807, 2.05) is 59.3 Å². The molecule has 2 N–H and O–H groups in total. The number of amides is 1. The van der Waals surface area contributed by atoms with Gasteiger partial charge in [-0.15, -0.1) is 0 Å². The van der Waals surface area contributed by atoms with Crippen molar-refractivity contribution in [1.82, 2.24) is 9.55 Å². The largest absolute Gasteiger partial charge is 0.493 e. The molecule has 1 aliphatic rings. The highest BCUT2D eigenvalue weighted by molar-refractivity contribution is 6.30. The predicted octanol–water partition coefficient (Wildman–Crippen LogP) is 5.82. The molecule has 39 heavy (non-hydrogen) atoms. The third-order valence-corrected chi connectivity index (χ3v) is 6.80. The van der Waals surface area contributed by atoms with Crippen molar-refractivity contribution in [2.45, 2.75) is 25.0 Å². The van der Waals surface area contributed by atoms with Crippen LogP contribution in [-0.4, -0.2) is 40.8 Å². The van der Waals surface area contributed by atoms with E-state index in [9.17, 15) is 14.7 Å². The number of benzene rings is 2. The minimum atomic E-state index is -1.10. The Morgan fingerprint density at radius 1 is 1.08 bits per heavy atom. The van der Waals surface area contributed by atoms with Crippen LogP contribution in [0.4, 0.5) is 5.82 Å². The summed E-state index contributed by atoms with van der Waals surface area (Å²) in [5.74, 6) is -0.126. The number of carboxylic acid groups (broad SMARTS) is 1.